The van der Waals surface area contributed by atoms with Crippen molar-refractivity contribution < 1.29 is 9.59 Å². The molecule has 3 rings (SSSR count). The lowest BCUT2D eigenvalue weighted by Gasteiger charge is -2.21. The zero-order valence-corrected chi connectivity index (χ0v) is 16.3. The molecule has 0 spiro atoms. The average Bonchev–Trinajstić information content (AvgIpc) is 3.18. The third-order valence-corrected chi connectivity index (χ3v) is 5.36. The van der Waals surface area contributed by atoms with E-state index in [0.717, 1.165) is 35.7 Å². The first-order valence-corrected chi connectivity index (χ1v) is 10.4. The molecule has 2 amide bonds. The van der Waals surface area contributed by atoms with E-state index < -0.39 is 0 Å². The van der Waals surface area contributed by atoms with Crippen LogP contribution in [0.15, 0.2) is 48.5 Å². The Balaban J connectivity index is 1.45. The van der Waals surface area contributed by atoms with E-state index >= 15 is 0 Å². The number of hydrogen-bond acceptors (Lipinski definition) is 4. The second-order valence-corrected chi connectivity index (χ2v) is 7.65. The molecule has 27 heavy (non-hydrogen) atoms. The van der Waals surface area contributed by atoms with Gasteiger partial charge in [0.15, 0.2) is 0 Å². The van der Waals surface area contributed by atoms with E-state index in [1.54, 1.807) is 0 Å². The topological polar surface area (TPSA) is 61.4 Å². The average molecular weight is 384 g/mol. The van der Waals surface area contributed by atoms with Gasteiger partial charge in [-0.2, -0.15) is 0 Å². The quantitative estimate of drug-likeness (QED) is 0.761. The molecule has 142 valence electrons. The Labute approximate surface area is 164 Å². The normalized spacial score (nSPS) is 13.4. The highest BCUT2D eigenvalue weighted by atomic mass is 32.2. The highest BCUT2D eigenvalue weighted by Gasteiger charge is 2.16. The number of carbonyl (C=O) groups is 2. The lowest BCUT2D eigenvalue weighted by Crippen LogP contribution is -2.22. The Kier molecular flexibility index (Phi) is 6.76. The van der Waals surface area contributed by atoms with Crippen molar-refractivity contribution in [3.05, 3.63) is 54.1 Å². The van der Waals surface area contributed by atoms with Crippen molar-refractivity contribution >= 4 is 40.6 Å². The molecule has 2 aromatic rings. The zero-order valence-electron chi connectivity index (χ0n) is 15.5. The van der Waals surface area contributed by atoms with Gasteiger partial charge in [0.1, 0.15) is 0 Å². The number of aryl methyl sites for hydroxylation is 1. The van der Waals surface area contributed by atoms with Gasteiger partial charge in [0.05, 0.1) is 22.9 Å². The number of nitrogens with one attached hydrogen (secondary N) is 2. The second kappa shape index (κ2) is 9.46. The molecule has 0 radical (unpaired) electrons. The van der Waals surface area contributed by atoms with Crippen LogP contribution in [0.4, 0.5) is 17.1 Å². The highest BCUT2D eigenvalue weighted by Crippen LogP contribution is 2.28. The number of nitrogens with zero attached hydrogens (tertiary/aromatic N) is 1. The lowest BCUT2D eigenvalue weighted by atomic mass is 10.2. The third kappa shape index (κ3) is 5.76. The van der Waals surface area contributed by atoms with Crippen molar-refractivity contribution in [3.8, 4) is 0 Å². The first-order valence-electron chi connectivity index (χ1n) is 9.20. The van der Waals surface area contributed by atoms with E-state index in [9.17, 15) is 9.59 Å². The van der Waals surface area contributed by atoms with Crippen LogP contribution in [0.25, 0.3) is 0 Å². The molecular formula is C21H25N3O2S. The molecule has 0 aliphatic carbocycles. The van der Waals surface area contributed by atoms with E-state index in [1.165, 1.54) is 24.6 Å². The van der Waals surface area contributed by atoms with Gasteiger partial charge in [-0.25, -0.2) is 0 Å². The number of amides is 2. The van der Waals surface area contributed by atoms with Gasteiger partial charge in [-0.15, -0.1) is 11.8 Å². The van der Waals surface area contributed by atoms with Crippen LogP contribution in [0.3, 0.4) is 0 Å². The SMILES string of the molecule is Cc1ccc(NC(=O)CSCC(=O)Nc2ccccc2N2CCCC2)cc1. The highest BCUT2D eigenvalue weighted by molar-refractivity contribution is 8.00. The number of benzene rings is 2. The molecule has 1 saturated heterocycles. The van der Waals surface area contributed by atoms with E-state index in [0.29, 0.717) is 0 Å². The number of hydrogen-bond donors (Lipinski definition) is 2. The molecule has 2 aromatic carbocycles. The van der Waals surface area contributed by atoms with E-state index in [2.05, 4.69) is 15.5 Å². The van der Waals surface area contributed by atoms with Gasteiger partial charge in [0, 0.05) is 18.8 Å². The monoisotopic (exact) mass is 383 g/mol. The maximum Gasteiger partial charge on any atom is 0.234 e. The van der Waals surface area contributed by atoms with Crippen LogP contribution >= 0.6 is 11.8 Å². The van der Waals surface area contributed by atoms with E-state index in [4.69, 9.17) is 0 Å². The van der Waals surface area contributed by atoms with E-state index in [-0.39, 0.29) is 23.3 Å². The summed E-state index contributed by atoms with van der Waals surface area (Å²) >= 11 is 1.31. The Bertz CT molecular complexity index is 786. The van der Waals surface area contributed by atoms with Gasteiger partial charge in [0.2, 0.25) is 11.8 Å². The van der Waals surface area contributed by atoms with Gasteiger partial charge in [0.25, 0.3) is 0 Å². The van der Waals surface area contributed by atoms with Crippen LogP contribution in [0.1, 0.15) is 18.4 Å². The van der Waals surface area contributed by atoms with Crippen LogP contribution in [0.2, 0.25) is 0 Å². The fourth-order valence-electron chi connectivity index (χ4n) is 3.07. The van der Waals surface area contributed by atoms with Crippen molar-refractivity contribution in [2.75, 3.05) is 40.1 Å². The van der Waals surface area contributed by atoms with Crippen molar-refractivity contribution in [1.82, 2.24) is 0 Å². The smallest absolute Gasteiger partial charge is 0.234 e. The molecule has 0 unspecified atom stereocenters. The number of carbonyl (C=O) groups excluding carboxylic acids is 2. The van der Waals surface area contributed by atoms with Gasteiger partial charge < -0.3 is 15.5 Å². The predicted molar refractivity (Wildman–Crippen MR) is 114 cm³/mol. The Morgan fingerprint density at radius 3 is 2.26 bits per heavy atom. The summed E-state index contributed by atoms with van der Waals surface area (Å²) < 4.78 is 0. The fraction of sp³-hybridized carbons (Fsp3) is 0.333. The zero-order chi connectivity index (χ0) is 19.1. The summed E-state index contributed by atoms with van der Waals surface area (Å²) in [6.45, 7) is 4.06. The van der Waals surface area contributed by atoms with Crippen LogP contribution < -0.4 is 15.5 Å². The fourth-order valence-corrected chi connectivity index (χ4v) is 3.69. The summed E-state index contributed by atoms with van der Waals surface area (Å²) in [6.07, 6.45) is 2.38. The standard InChI is InChI=1S/C21H25N3O2S/c1-16-8-10-17(11-9-16)22-20(25)14-27-15-21(26)23-18-6-2-3-7-19(18)24-12-4-5-13-24/h2-3,6-11H,4-5,12-15H2,1H3,(H,22,25)(H,23,26). The molecule has 2 N–H and O–H groups in total. The minimum Gasteiger partial charge on any atom is -0.370 e. The van der Waals surface area contributed by atoms with E-state index in [1.807, 2.05) is 55.5 Å². The van der Waals surface area contributed by atoms with Gasteiger partial charge in [-0.05, 0) is 44.0 Å². The van der Waals surface area contributed by atoms with Crippen LogP contribution in [-0.4, -0.2) is 36.4 Å². The number of thioether (sulfide) groups is 1. The van der Waals surface area contributed by atoms with Crippen molar-refractivity contribution in [2.24, 2.45) is 0 Å². The first-order chi connectivity index (χ1) is 13.1. The molecule has 5 nitrogen and oxygen atoms in total. The third-order valence-electron chi connectivity index (χ3n) is 4.43. The maximum atomic E-state index is 12.3. The van der Waals surface area contributed by atoms with Gasteiger partial charge in [-0.3, -0.25) is 9.59 Å². The maximum absolute atomic E-state index is 12.3. The summed E-state index contributed by atoms with van der Waals surface area (Å²) in [5.41, 5.74) is 3.84. The lowest BCUT2D eigenvalue weighted by molar-refractivity contribution is -0.114. The minimum absolute atomic E-state index is 0.0882. The molecule has 1 heterocycles. The largest absolute Gasteiger partial charge is 0.370 e. The second-order valence-electron chi connectivity index (χ2n) is 6.67. The van der Waals surface area contributed by atoms with Crippen LogP contribution in [0, 0.1) is 6.92 Å². The summed E-state index contributed by atoms with van der Waals surface area (Å²) in [7, 11) is 0. The number of anilines is 3. The molecule has 0 aromatic heterocycles. The molecular weight excluding hydrogens is 358 g/mol. The summed E-state index contributed by atoms with van der Waals surface area (Å²) in [5.74, 6) is 0.300. The number of para-hydroxylation sites is 2. The molecule has 1 fully saturated rings. The molecule has 1 aliphatic heterocycles. The summed E-state index contributed by atoms with van der Waals surface area (Å²) in [4.78, 5) is 26.6. The molecule has 0 bridgehead atoms. The first kappa shape index (κ1) is 19.3. The minimum atomic E-state index is -0.103. The predicted octanol–water partition coefficient (Wildman–Crippen LogP) is 3.91. The molecule has 6 heteroatoms. The summed E-state index contributed by atoms with van der Waals surface area (Å²) in [5, 5.41) is 5.82. The van der Waals surface area contributed by atoms with Crippen molar-refractivity contribution in [2.45, 2.75) is 19.8 Å². The molecule has 1 aliphatic rings. The van der Waals surface area contributed by atoms with Crippen LogP contribution in [-0.2, 0) is 9.59 Å². The van der Waals surface area contributed by atoms with Crippen LogP contribution in [0.5, 0.6) is 0 Å². The van der Waals surface area contributed by atoms with Gasteiger partial charge in [-0.1, -0.05) is 29.8 Å². The Hall–Kier alpha value is -2.47. The molecule has 0 saturated carbocycles. The Morgan fingerprint density at radius 1 is 0.926 bits per heavy atom. The summed E-state index contributed by atoms with van der Waals surface area (Å²) in [6, 6.07) is 15.6. The van der Waals surface area contributed by atoms with Crippen molar-refractivity contribution in [3.63, 3.8) is 0 Å². The van der Waals surface area contributed by atoms with Crippen molar-refractivity contribution in [1.29, 1.82) is 0 Å². The van der Waals surface area contributed by atoms with Gasteiger partial charge >= 0.3 is 0 Å². The molecule has 0 atom stereocenters. The number of rotatable bonds is 7. The Morgan fingerprint density at radius 2 is 1.56 bits per heavy atom.